The molecule has 0 N–H and O–H groups in total. The fourth-order valence-corrected chi connectivity index (χ4v) is 0.503. The van der Waals surface area contributed by atoms with Gasteiger partial charge in [-0.25, -0.2) is 0 Å². The number of carbonyl (C=O) groups excluding carboxylic acids is 1. The Morgan fingerprint density at radius 2 is 2.50 bits per heavy atom. The third-order valence-electron chi connectivity index (χ3n) is 0.872. The molecule has 0 saturated carbocycles. The van der Waals surface area contributed by atoms with Crippen LogP contribution in [0.3, 0.4) is 0 Å². The smallest absolute Gasteiger partial charge is 0.191 e. The molecule has 0 spiro atoms. The van der Waals surface area contributed by atoms with Crippen LogP contribution < -0.4 is 0 Å². The van der Waals surface area contributed by atoms with Gasteiger partial charge in [-0.15, -0.1) is 0 Å². The van der Waals surface area contributed by atoms with Gasteiger partial charge in [0.1, 0.15) is 0 Å². The van der Waals surface area contributed by atoms with Crippen LogP contribution in [0.25, 0.3) is 10.4 Å². The van der Waals surface area contributed by atoms with Crippen molar-refractivity contribution in [2.45, 2.75) is 0 Å². The van der Waals surface area contributed by atoms with Crippen LogP contribution >= 0.6 is 0 Å². The molecular formula is C5H3N3O2. The molecule has 5 heteroatoms. The maximum Gasteiger partial charge on any atom is 0.191 e. The monoisotopic (exact) mass is 137 g/mol. The molecule has 0 fully saturated rings. The van der Waals surface area contributed by atoms with Crippen molar-refractivity contribution < 1.29 is 9.21 Å². The van der Waals surface area contributed by atoms with Crippen LogP contribution in [-0.4, -0.2) is 6.29 Å². The molecule has 1 aromatic rings. The molecule has 1 heterocycles. The van der Waals surface area contributed by atoms with E-state index in [-0.39, 0.29) is 11.6 Å². The van der Waals surface area contributed by atoms with Crippen LogP contribution in [0.15, 0.2) is 21.7 Å². The van der Waals surface area contributed by atoms with Gasteiger partial charge in [0.25, 0.3) is 0 Å². The number of azide groups is 1. The van der Waals surface area contributed by atoms with Crippen LogP contribution in [0.4, 0.5) is 5.88 Å². The van der Waals surface area contributed by atoms with Crippen molar-refractivity contribution in [3.05, 3.63) is 28.3 Å². The lowest BCUT2D eigenvalue weighted by Gasteiger charge is -1.76. The van der Waals surface area contributed by atoms with Gasteiger partial charge in [-0.2, -0.15) is 0 Å². The van der Waals surface area contributed by atoms with Gasteiger partial charge >= 0.3 is 0 Å². The second kappa shape index (κ2) is 2.70. The molecule has 0 amide bonds. The first-order chi connectivity index (χ1) is 4.86. The third kappa shape index (κ3) is 1.15. The lowest BCUT2D eigenvalue weighted by atomic mass is 10.5. The number of furan rings is 1. The molecule has 0 aromatic carbocycles. The minimum atomic E-state index is 0.101. The Morgan fingerprint density at radius 1 is 1.70 bits per heavy atom. The molecule has 0 bridgehead atoms. The van der Waals surface area contributed by atoms with Gasteiger partial charge in [-0.05, 0) is 22.8 Å². The summed E-state index contributed by atoms with van der Waals surface area (Å²) in [5.74, 6) is 0.256. The zero-order chi connectivity index (χ0) is 7.40. The molecule has 0 aliphatic carbocycles. The first-order valence-electron chi connectivity index (χ1n) is 2.47. The molecule has 1 aromatic heterocycles. The molecule has 50 valence electrons. The van der Waals surface area contributed by atoms with E-state index in [2.05, 4.69) is 14.4 Å². The second-order valence-electron chi connectivity index (χ2n) is 1.48. The molecule has 10 heavy (non-hydrogen) atoms. The fraction of sp³-hybridized carbons (Fsp3) is 0. The zero-order valence-electron chi connectivity index (χ0n) is 4.89. The van der Waals surface area contributed by atoms with Gasteiger partial charge in [-0.1, -0.05) is 0 Å². The van der Waals surface area contributed by atoms with Crippen molar-refractivity contribution in [2.75, 3.05) is 0 Å². The second-order valence-corrected chi connectivity index (χ2v) is 1.48. The van der Waals surface area contributed by atoms with E-state index in [1.165, 1.54) is 12.1 Å². The fourth-order valence-electron chi connectivity index (χ4n) is 0.503. The Bertz CT molecular complexity index is 285. The van der Waals surface area contributed by atoms with Crippen molar-refractivity contribution in [1.29, 1.82) is 0 Å². The lowest BCUT2D eigenvalue weighted by molar-refractivity contribution is 0.110. The summed E-state index contributed by atoms with van der Waals surface area (Å²) in [6, 6.07) is 2.85. The van der Waals surface area contributed by atoms with E-state index < -0.39 is 0 Å². The third-order valence-corrected chi connectivity index (χ3v) is 0.872. The number of hydrogen-bond donors (Lipinski definition) is 0. The summed E-state index contributed by atoms with van der Waals surface area (Å²) in [6.45, 7) is 0. The van der Waals surface area contributed by atoms with Gasteiger partial charge in [0.15, 0.2) is 17.9 Å². The van der Waals surface area contributed by atoms with Gasteiger partial charge in [0, 0.05) is 4.91 Å². The summed E-state index contributed by atoms with van der Waals surface area (Å²) in [5.41, 5.74) is 7.91. The van der Waals surface area contributed by atoms with Crippen LogP contribution in [0.2, 0.25) is 0 Å². The minimum Gasteiger partial charge on any atom is -0.452 e. The Morgan fingerprint density at radius 3 is 3.00 bits per heavy atom. The highest BCUT2D eigenvalue weighted by molar-refractivity contribution is 5.71. The SMILES string of the molecule is [N-]=[N+]=Nc1ccc(C=O)o1. The lowest BCUT2D eigenvalue weighted by Crippen LogP contribution is -1.65. The summed E-state index contributed by atoms with van der Waals surface area (Å²) in [4.78, 5) is 12.5. The largest absolute Gasteiger partial charge is 0.452 e. The van der Waals surface area contributed by atoms with E-state index in [0.29, 0.717) is 6.29 Å². The van der Waals surface area contributed by atoms with E-state index in [0.717, 1.165) is 0 Å². The van der Waals surface area contributed by atoms with Gasteiger partial charge in [0.2, 0.25) is 0 Å². The first-order valence-corrected chi connectivity index (χ1v) is 2.47. The highest BCUT2D eigenvalue weighted by Gasteiger charge is 1.95. The van der Waals surface area contributed by atoms with Gasteiger partial charge in [0.05, 0.1) is 0 Å². The maximum absolute atomic E-state index is 10.00. The minimum absolute atomic E-state index is 0.101. The number of carbonyl (C=O) groups is 1. The Labute approximate surface area is 55.9 Å². The number of aldehydes is 1. The summed E-state index contributed by atoms with van der Waals surface area (Å²) in [5, 5.41) is 3.13. The highest BCUT2D eigenvalue weighted by Crippen LogP contribution is 2.14. The molecule has 0 saturated heterocycles. The maximum atomic E-state index is 10.00. The van der Waals surface area contributed by atoms with Crippen LogP contribution in [0.5, 0.6) is 0 Å². The molecule has 0 unspecified atom stereocenters. The van der Waals surface area contributed by atoms with E-state index in [1.54, 1.807) is 0 Å². The summed E-state index contributed by atoms with van der Waals surface area (Å²) in [6.07, 6.45) is 0.538. The zero-order valence-corrected chi connectivity index (χ0v) is 4.89. The predicted molar refractivity (Wildman–Crippen MR) is 32.9 cm³/mol. The van der Waals surface area contributed by atoms with Crippen molar-refractivity contribution in [3.63, 3.8) is 0 Å². The Kier molecular flexibility index (Phi) is 1.72. The normalized spacial score (nSPS) is 8.40. The number of rotatable bonds is 2. The van der Waals surface area contributed by atoms with Crippen molar-refractivity contribution in [1.82, 2.24) is 0 Å². The molecule has 5 nitrogen and oxygen atoms in total. The molecule has 0 radical (unpaired) electrons. The van der Waals surface area contributed by atoms with Crippen LogP contribution in [-0.2, 0) is 0 Å². The van der Waals surface area contributed by atoms with Gasteiger partial charge < -0.3 is 4.42 Å². The Balaban J connectivity index is 2.98. The molecule has 1 rings (SSSR count). The number of nitrogens with zero attached hydrogens (tertiary/aromatic N) is 3. The van der Waals surface area contributed by atoms with E-state index in [1.807, 2.05) is 0 Å². The van der Waals surface area contributed by atoms with Crippen molar-refractivity contribution in [2.24, 2.45) is 5.11 Å². The summed E-state index contributed by atoms with van der Waals surface area (Å²) >= 11 is 0. The van der Waals surface area contributed by atoms with Crippen LogP contribution in [0.1, 0.15) is 10.6 Å². The quantitative estimate of drug-likeness (QED) is 0.270. The van der Waals surface area contributed by atoms with Crippen LogP contribution in [0, 0.1) is 0 Å². The van der Waals surface area contributed by atoms with Crippen molar-refractivity contribution >= 4 is 12.2 Å². The average Bonchev–Trinajstić information content (AvgIpc) is 2.37. The average molecular weight is 137 g/mol. The first kappa shape index (κ1) is 6.38. The number of hydrogen-bond acceptors (Lipinski definition) is 3. The standard InChI is InChI=1S/C5H3N3O2/c6-8-7-5-2-1-4(3-9)10-5/h1-3H. The molecule has 0 aliphatic heterocycles. The van der Waals surface area contributed by atoms with E-state index in [9.17, 15) is 4.79 Å². The van der Waals surface area contributed by atoms with Crippen molar-refractivity contribution in [3.8, 4) is 0 Å². The Hall–Kier alpha value is -1.74. The highest BCUT2D eigenvalue weighted by atomic mass is 16.4. The summed E-state index contributed by atoms with van der Waals surface area (Å²) in [7, 11) is 0. The van der Waals surface area contributed by atoms with E-state index >= 15 is 0 Å². The molecule has 0 atom stereocenters. The summed E-state index contributed by atoms with van der Waals surface area (Å²) < 4.78 is 4.68. The van der Waals surface area contributed by atoms with E-state index in [4.69, 9.17) is 5.53 Å². The molecule has 0 aliphatic rings. The van der Waals surface area contributed by atoms with Gasteiger partial charge in [-0.3, -0.25) is 4.79 Å². The molecular weight excluding hydrogens is 134 g/mol. The predicted octanol–water partition coefficient (Wildman–Crippen LogP) is 2.03. The topological polar surface area (TPSA) is 79.0 Å².